The van der Waals surface area contributed by atoms with Gasteiger partial charge >= 0.3 is 5.97 Å². The van der Waals surface area contributed by atoms with Crippen molar-refractivity contribution in [2.75, 3.05) is 6.61 Å². The van der Waals surface area contributed by atoms with Gasteiger partial charge in [-0.1, -0.05) is 109 Å². The first kappa shape index (κ1) is 29.4. The molecule has 1 aliphatic rings. The van der Waals surface area contributed by atoms with Gasteiger partial charge in [0.1, 0.15) is 18.0 Å². The molecule has 6 nitrogen and oxygen atoms in total. The molecule has 5 rings (SSSR count). The normalized spacial score (nSPS) is 20.5. The molecule has 4 atom stereocenters. The molecule has 4 aromatic rings. The van der Waals surface area contributed by atoms with Crippen molar-refractivity contribution in [2.24, 2.45) is 5.92 Å². The Kier molecular flexibility index (Phi) is 10.7. The van der Waals surface area contributed by atoms with Crippen LogP contribution in [-0.4, -0.2) is 36.7 Å². The summed E-state index contributed by atoms with van der Waals surface area (Å²) in [6, 6.07) is 38.3. The second-order valence-corrected chi connectivity index (χ2v) is 10.4. The van der Waals surface area contributed by atoms with Gasteiger partial charge in [-0.3, -0.25) is 4.79 Å². The van der Waals surface area contributed by atoms with Crippen LogP contribution in [-0.2, 0) is 43.6 Å². The third-order valence-corrected chi connectivity index (χ3v) is 7.42. The summed E-state index contributed by atoms with van der Waals surface area (Å²) in [4.78, 5) is 26.8. The zero-order chi connectivity index (χ0) is 29.0. The SMILES string of the molecule is O=C(O[C@@H]1CCC(=O)[C@H](COCc2ccccc2)[C@@H](OCc2ccccc2)[C@@H]1OCc1ccccc1)c1ccccc1. The third kappa shape index (κ3) is 8.23. The van der Waals surface area contributed by atoms with Gasteiger partial charge in [-0.2, -0.15) is 0 Å². The fraction of sp³-hybridized carbons (Fsp3) is 0.278. The van der Waals surface area contributed by atoms with Crippen LogP contribution in [0.3, 0.4) is 0 Å². The van der Waals surface area contributed by atoms with E-state index in [1.54, 1.807) is 24.3 Å². The van der Waals surface area contributed by atoms with E-state index in [-0.39, 0.29) is 32.0 Å². The minimum atomic E-state index is -0.701. The van der Waals surface area contributed by atoms with Gasteiger partial charge in [-0.15, -0.1) is 0 Å². The average molecular weight is 565 g/mol. The number of Topliss-reactive ketones (excluding diaryl/α,β-unsaturated/α-hetero) is 1. The Balaban J connectivity index is 1.42. The molecule has 0 radical (unpaired) electrons. The lowest BCUT2D eigenvalue weighted by atomic mass is 9.94. The standard InChI is InChI=1S/C36H36O6/c37-32-21-22-33(42-36(38)30-19-11-4-12-20-30)35(41-25-29-17-9-3-10-18-29)34(40-24-28-15-7-2-8-16-28)31(32)26-39-23-27-13-5-1-6-14-27/h1-20,31,33-35H,21-26H2/t31-,33+,34+,35+/m0/s1. The molecule has 1 saturated carbocycles. The van der Waals surface area contributed by atoms with Crippen molar-refractivity contribution in [3.8, 4) is 0 Å². The van der Waals surface area contributed by atoms with Crippen molar-refractivity contribution in [2.45, 2.75) is 51.0 Å². The summed E-state index contributed by atoms with van der Waals surface area (Å²) in [5.74, 6) is -1.05. The van der Waals surface area contributed by atoms with E-state index in [9.17, 15) is 9.59 Å². The van der Waals surface area contributed by atoms with Gasteiger partial charge < -0.3 is 18.9 Å². The van der Waals surface area contributed by atoms with E-state index in [0.29, 0.717) is 18.6 Å². The summed E-state index contributed by atoms with van der Waals surface area (Å²) < 4.78 is 25.2. The van der Waals surface area contributed by atoms with Gasteiger partial charge in [0.15, 0.2) is 0 Å². The maximum atomic E-state index is 13.6. The van der Waals surface area contributed by atoms with E-state index >= 15 is 0 Å². The molecule has 42 heavy (non-hydrogen) atoms. The zero-order valence-corrected chi connectivity index (χ0v) is 23.5. The minimum Gasteiger partial charge on any atom is -0.456 e. The summed E-state index contributed by atoms with van der Waals surface area (Å²) in [5.41, 5.74) is 3.41. The molecule has 0 heterocycles. The van der Waals surface area contributed by atoms with Crippen molar-refractivity contribution in [1.29, 1.82) is 0 Å². The quantitative estimate of drug-likeness (QED) is 0.143. The highest BCUT2D eigenvalue weighted by molar-refractivity contribution is 5.89. The summed E-state index contributed by atoms with van der Waals surface area (Å²) in [5, 5.41) is 0. The molecular formula is C36H36O6. The fourth-order valence-electron chi connectivity index (χ4n) is 5.18. The number of hydrogen-bond donors (Lipinski definition) is 0. The molecule has 216 valence electrons. The minimum absolute atomic E-state index is 0.00712. The monoisotopic (exact) mass is 564 g/mol. The lowest BCUT2D eigenvalue weighted by molar-refractivity contribution is -0.159. The second kappa shape index (κ2) is 15.2. The highest BCUT2D eigenvalue weighted by atomic mass is 16.6. The zero-order valence-electron chi connectivity index (χ0n) is 23.5. The fourth-order valence-corrected chi connectivity index (χ4v) is 5.18. The van der Waals surface area contributed by atoms with E-state index in [0.717, 1.165) is 16.7 Å². The van der Waals surface area contributed by atoms with Gasteiger partial charge in [0.2, 0.25) is 0 Å². The predicted octanol–water partition coefficient (Wildman–Crippen LogP) is 6.58. The van der Waals surface area contributed by atoms with E-state index in [1.807, 2.05) is 97.1 Å². The summed E-state index contributed by atoms with van der Waals surface area (Å²) in [6.45, 7) is 1.09. The van der Waals surface area contributed by atoms with Crippen LogP contribution < -0.4 is 0 Å². The lowest BCUT2D eigenvalue weighted by Crippen LogP contribution is -2.47. The van der Waals surface area contributed by atoms with Crippen LogP contribution in [0.2, 0.25) is 0 Å². The molecule has 4 aromatic carbocycles. The van der Waals surface area contributed by atoms with Crippen molar-refractivity contribution in [3.63, 3.8) is 0 Å². The van der Waals surface area contributed by atoms with E-state index in [4.69, 9.17) is 18.9 Å². The van der Waals surface area contributed by atoms with E-state index in [2.05, 4.69) is 0 Å². The number of ether oxygens (including phenoxy) is 4. The molecular weight excluding hydrogens is 528 g/mol. The van der Waals surface area contributed by atoms with Gasteiger partial charge in [-0.05, 0) is 35.2 Å². The molecule has 0 N–H and O–H groups in total. The molecule has 1 fully saturated rings. The van der Waals surface area contributed by atoms with Crippen LogP contribution >= 0.6 is 0 Å². The smallest absolute Gasteiger partial charge is 0.338 e. The van der Waals surface area contributed by atoms with Crippen molar-refractivity contribution < 1.29 is 28.5 Å². The van der Waals surface area contributed by atoms with Crippen molar-refractivity contribution in [1.82, 2.24) is 0 Å². The highest BCUT2D eigenvalue weighted by Gasteiger charge is 2.45. The molecule has 0 saturated heterocycles. The largest absolute Gasteiger partial charge is 0.456 e. The number of hydrogen-bond acceptors (Lipinski definition) is 6. The molecule has 0 unspecified atom stereocenters. The Bertz CT molecular complexity index is 1380. The van der Waals surface area contributed by atoms with E-state index < -0.39 is 30.2 Å². The van der Waals surface area contributed by atoms with Crippen molar-refractivity contribution in [3.05, 3.63) is 144 Å². The van der Waals surface area contributed by atoms with Crippen LogP contribution in [0.15, 0.2) is 121 Å². The van der Waals surface area contributed by atoms with Crippen molar-refractivity contribution >= 4 is 11.8 Å². The Morgan fingerprint density at radius 1 is 0.619 bits per heavy atom. The Hall–Kier alpha value is -4.10. The Morgan fingerprint density at radius 2 is 1.10 bits per heavy atom. The molecule has 0 bridgehead atoms. The third-order valence-electron chi connectivity index (χ3n) is 7.42. The Morgan fingerprint density at radius 3 is 1.64 bits per heavy atom. The first-order valence-corrected chi connectivity index (χ1v) is 14.4. The number of rotatable bonds is 12. The van der Waals surface area contributed by atoms with Crippen LogP contribution in [0.1, 0.15) is 39.9 Å². The molecule has 0 amide bonds. The van der Waals surface area contributed by atoms with Gasteiger partial charge in [0.25, 0.3) is 0 Å². The number of ketones is 1. The lowest BCUT2D eigenvalue weighted by Gasteiger charge is -2.34. The second-order valence-electron chi connectivity index (χ2n) is 10.4. The maximum absolute atomic E-state index is 13.6. The molecule has 6 heteroatoms. The van der Waals surface area contributed by atoms with E-state index in [1.165, 1.54) is 0 Å². The first-order chi connectivity index (χ1) is 20.7. The molecule has 0 aromatic heterocycles. The maximum Gasteiger partial charge on any atom is 0.338 e. The Labute approximate surface area is 247 Å². The van der Waals surface area contributed by atoms with Crippen LogP contribution in [0.4, 0.5) is 0 Å². The van der Waals surface area contributed by atoms with Crippen LogP contribution in [0.5, 0.6) is 0 Å². The number of carbonyl (C=O) groups excluding carboxylic acids is 2. The predicted molar refractivity (Wildman–Crippen MR) is 160 cm³/mol. The molecule has 0 aliphatic heterocycles. The van der Waals surface area contributed by atoms with Gasteiger partial charge in [0, 0.05) is 6.42 Å². The topological polar surface area (TPSA) is 71.1 Å². The number of carbonyl (C=O) groups is 2. The first-order valence-electron chi connectivity index (χ1n) is 14.4. The average Bonchev–Trinajstić information content (AvgIpc) is 3.16. The van der Waals surface area contributed by atoms with Gasteiger partial charge in [0.05, 0.1) is 44.0 Å². The van der Waals surface area contributed by atoms with Gasteiger partial charge in [-0.25, -0.2) is 4.79 Å². The highest BCUT2D eigenvalue weighted by Crippen LogP contribution is 2.31. The summed E-state index contributed by atoms with van der Waals surface area (Å²) in [6.07, 6.45) is -1.53. The van der Waals surface area contributed by atoms with Crippen LogP contribution in [0, 0.1) is 5.92 Å². The molecule has 1 aliphatic carbocycles. The van der Waals surface area contributed by atoms with Crippen LogP contribution in [0.25, 0.3) is 0 Å². The summed E-state index contributed by atoms with van der Waals surface area (Å²) in [7, 11) is 0. The molecule has 0 spiro atoms. The number of esters is 1. The number of benzene rings is 4. The summed E-state index contributed by atoms with van der Waals surface area (Å²) >= 11 is 0.